The highest BCUT2D eigenvalue weighted by Crippen LogP contribution is 2.29. The molecular formula is C15H14ClN3O2. The van der Waals surface area contributed by atoms with Gasteiger partial charge < -0.3 is 15.1 Å². The number of nitrogen functional groups attached to an aromatic ring is 1. The van der Waals surface area contributed by atoms with Gasteiger partial charge in [0, 0.05) is 24.7 Å². The van der Waals surface area contributed by atoms with Crippen LogP contribution in [0.4, 0.5) is 11.4 Å². The van der Waals surface area contributed by atoms with Gasteiger partial charge in [0.1, 0.15) is 0 Å². The Labute approximate surface area is 125 Å². The Hall–Kier alpha value is -2.40. The Bertz CT molecular complexity index is 853. The average molecular weight is 304 g/mol. The van der Waals surface area contributed by atoms with Gasteiger partial charge in [0.2, 0.25) is 0 Å². The number of fused-ring (bicyclic) bond motifs is 1. The van der Waals surface area contributed by atoms with Crippen LogP contribution in [0.3, 0.4) is 0 Å². The first-order chi connectivity index (χ1) is 10.0. The van der Waals surface area contributed by atoms with Crippen LogP contribution in [0, 0.1) is 0 Å². The van der Waals surface area contributed by atoms with E-state index in [1.807, 2.05) is 36.2 Å². The fraction of sp³-hybridized carbons (Fsp3) is 0.133. The van der Waals surface area contributed by atoms with Crippen molar-refractivity contribution >= 4 is 34.1 Å². The molecule has 21 heavy (non-hydrogen) atoms. The first kappa shape index (κ1) is 13.6. The highest BCUT2D eigenvalue weighted by Gasteiger charge is 2.11. The van der Waals surface area contributed by atoms with Crippen molar-refractivity contribution in [3.05, 3.63) is 57.5 Å². The van der Waals surface area contributed by atoms with E-state index in [1.54, 1.807) is 12.1 Å². The number of aromatic nitrogens is 1. The summed E-state index contributed by atoms with van der Waals surface area (Å²) in [6, 6.07) is 11.1. The first-order valence-electron chi connectivity index (χ1n) is 6.41. The third-order valence-corrected chi connectivity index (χ3v) is 3.71. The number of benzene rings is 2. The molecule has 1 heterocycles. The molecule has 0 aliphatic rings. The van der Waals surface area contributed by atoms with Crippen molar-refractivity contribution in [2.45, 2.75) is 6.54 Å². The van der Waals surface area contributed by atoms with Gasteiger partial charge in [-0.2, -0.15) is 0 Å². The molecule has 0 saturated heterocycles. The summed E-state index contributed by atoms with van der Waals surface area (Å²) in [5.74, 6) is -0.490. The third-order valence-electron chi connectivity index (χ3n) is 3.34. The van der Waals surface area contributed by atoms with E-state index < -0.39 is 5.76 Å². The Morgan fingerprint density at radius 2 is 2.10 bits per heavy atom. The second kappa shape index (κ2) is 5.18. The van der Waals surface area contributed by atoms with E-state index in [4.69, 9.17) is 21.8 Å². The molecule has 0 fully saturated rings. The second-order valence-corrected chi connectivity index (χ2v) is 5.28. The molecule has 3 rings (SSSR count). The van der Waals surface area contributed by atoms with Crippen LogP contribution < -0.4 is 16.4 Å². The minimum Gasteiger partial charge on any atom is -0.408 e. The van der Waals surface area contributed by atoms with Crippen LogP contribution in [0.15, 0.2) is 45.6 Å². The van der Waals surface area contributed by atoms with Crippen LogP contribution in [-0.2, 0) is 6.54 Å². The fourth-order valence-corrected chi connectivity index (χ4v) is 2.49. The molecule has 0 aliphatic heterocycles. The zero-order valence-electron chi connectivity index (χ0n) is 11.4. The number of hydrogen-bond donors (Lipinski definition) is 2. The van der Waals surface area contributed by atoms with Crippen LogP contribution >= 0.6 is 11.6 Å². The Balaban J connectivity index is 1.97. The lowest BCUT2D eigenvalue weighted by atomic mass is 10.2. The van der Waals surface area contributed by atoms with Crippen LogP contribution in [0.25, 0.3) is 11.1 Å². The predicted molar refractivity (Wildman–Crippen MR) is 84.8 cm³/mol. The summed E-state index contributed by atoms with van der Waals surface area (Å²) in [6.45, 7) is 0.609. The number of H-pyrrole nitrogens is 1. The molecule has 2 aromatic carbocycles. The molecule has 5 nitrogen and oxygen atoms in total. The van der Waals surface area contributed by atoms with Crippen molar-refractivity contribution in [2.24, 2.45) is 0 Å². The number of nitrogens with two attached hydrogens (primary N) is 1. The summed E-state index contributed by atoms with van der Waals surface area (Å²) in [5, 5.41) is 0.709. The normalized spacial score (nSPS) is 11.0. The molecule has 0 aliphatic carbocycles. The number of nitrogens with one attached hydrogen (secondary N) is 1. The van der Waals surface area contributed by atoms with Crippen LogP contribution in [0.2, 0.25) is 5.02 Å². The number of aromatic amines is 1. The lowest BCUT2D eigenvalue weighted by molar-refractivity contribution is 0.555. The van der Waals surface area contributed by atoms with Gasteiger partial charge in [-0.3, -0.25) is 4.98 Å². The van der Waals surface area contributed by atoms with Crippen LogP contribution in [-0.4, -0.2) is 12.0 Å². The lowest BCUT2D eigenvalue weighted by Gasteiger charge is -2.21. The first-order valence-corrected chi connectivity index (χ1v) is 6.79. The lowest BCUT2D eigenvalue weighted by Crippen LogP contribution is -2.18. The molecule has 6 heteroatoms. The van der Waals surface area contributed by atoms with Crippen LogP contribution in [0.5, 0.6) is 0 Å². The average Bonchev–Trinajstić information content (AvgIpc) is 2.79. The molecule has 108 valence electrons. The maximum atomic E-state index is 11.2. The standard InChI is InChI=1S/C15H14ClN3O2/c1-19(8-9-4-2-3-5-10(9)16)13-7-12-14(6-11(13)17)21-15(20)18-12/h2-7H,8,17H2,1H3,(H,18,20). The van der Waals surface area contributed by atoms with Crippen molar-refractivity contribution in [1.82, 2.24) is 4.98 Å². The monoisotopic (exact) mass is 303 g/mol. The predicted octanol–water partition coefficient (Wildman–Crippen LogP) is 2.99. The van der Waals surface area contributed by atoms with E-state index in [2.05, 4.69) is 4.98 Å². The van der Waals surface area contributed by atoms with Gasteiger partial charge in [0.15, 0.2) is 5.58 Å². The van der Waals surface area contributed by atoms with Crippen LogP contribution in [0.1, 0.15) is 5.56 Å². The summed E-state index contributed by atoms with van der Waals surface area (Å²) < 4.78 is 4.99. The summed E-state index contributed by atoms with van der Waals surface area (Å²) in [6.07, 6.45) is 0. The van der Waals surface area contributed by atoms with Crippen molar-refractivity contribution in [2.75, 3.05) is 17.7 Å². The van der Waals surface area contributed by atoms with E-state index in [0.29, 0.717) is 28.4 Å². The molecule has 0 saturated carbocycles. The van der Waals surface area contributed by atoms with Gasteiger partial charge in [-0.25, -0.2) is 4.79 Å². The Kier molecular flexibility index (Phi) is 3.35. The van der Waals surface area contributed by atoms with Crippen molar-refractivity contribution in [3.63, 3.8) is 0 Å². The second-order valence-electron chi connectivity index (χ2n) is 4.87. The van der Waals surface area contributed by atoms with Gasteiger partial charge in [-0.05, 0) is 17.7 Å². The third kappa shape index (κ3) is 2.60. The quantitative estimate of drug-likeness (QED) is 0.729. The highest BCUT2D eigenvalue weighted by molar-refractivity contribution is 6.31. The summed E-state index contributed by atoms with van der Waals surface area (Å²) in [7, 11) is 1.92. The minimum absolute atomic E-state index is 0.451. The Morgan fingerprint density at radius 3 is 2.86 bits per heavy atom. The summed E-state index contributed by atoms with van der Waals surface area (Å²) in [5.41, 5.74) is 9.46. The highest BCUT2D eigenvalue weighted by atomic mass is 35.5. The van der Waals surface area contributed by atoms with E-state index in [-0.39, 0.29) is 0 Å². The topological polar surface area (TPSA) is 75.3 Å². The van der Waals surface area contributed by atoms with Crippen molar-refractivity contribution in [3.8, 4) is 0 Å². The molecule has 0 unspecified atom stereocenters. The molecule has 0 radical (unpaired) electrons. The number of nitrogens with zero attached hydrogens (tertiary/aromatic N) is 1. The summed E-state index contributed by atoms with van der Waals surface area (Å²) >= 11 is 6.17. The SMILES string of the molecule is CN(Cc1ccccc1Cl)c1cc2[nH]c(=O)oc2cc1N. The smallest absolute Gasteiger partial charge is 0.408 e. The number of oxazole rings is 1. The maximum Gasteiger partial charge on any atom is 0.417 e. The maximum absolute atomic E-state index is 11.2. The number of rotatable bonds is 3. The molecule has 0 amide bonds. The molecule has 1 aromatic heterocycles. The molecule has 3 aromatic rings. The zero-order chi connectivity index (χ0) is 15.0. The number of halogens is 1. The molecular weight excluding hydrogens is 290 g/mol. The number of anilines is 2. The van der Waals surface area contributed by atoms with E-state index in [9.17, 15) is 4.79 Å². The van der Waals surface area contributed by atoms with Gasteiger partial charge in [0.25, 0.3) is 0 Å². The minimum atomic E-state index is -0.490. The van der Waals surface area contributed by atoms with Gasteiger partial charge in [0.05, 0.1) is 16.9 Å². The fourth-order valence-electron chi connectivity index (χ4n) is 2.30. The largest absolute Gasteiger partial charge is 0.417 e. The van der Waals surface area contributed by atoms with Crippen molar-refractivity contribution < 1.29 is 4.42 Å². The molecule has 0 spiro atoms. The van der Waals surface area contributed by atoms with E-state index in [0.717, 1.165) is 11.3 Å². The molecule has 0 atom stereocenters. The van der Waals surface area contributed by atoms with Gasteiger partial charge >= 0.3 is 5.76 Å². The van der Waals surface area contributed by atoms with Gasteiger partial charge in [-0.15, -0.1) is 0 Å². The zero-order valence-corrected chi connectivity index (χ0v) is 12.1. The van der Waals surface area contributed by atoms with Gasteiger partial charge in [-0.1, -0.05) is 29.8 Å². The van der Waals surface area contributed by atoms with E-state index in [1.165, 1.54) is 0 Å². The molecule has 3 N–H and O–H groups in total. The number of hydrogen-bond acceptors (Lipinski definition) is 4. The van der Waals surface area contributed by atoms with E-state index >= 15 is 0 Å². The Morgan fingerprint density at radius 1 is 1.33 bits per heavy atom. The molecule has 0 bridgehead atoms. The summed E-state index contributed by atoms with van der Waals surface area (Å²) in [4.78, 5) is 15.8. The van der Waals surface area contributed by atoms with Crippen molar-refractivity contribution in [1.29, 1.82) is 0 Å².